The SMILES string of the molecule is CC(C)(C)OC(=O)N1CCC(N2C(=O)OC[C@@H]2Cc2ccccc2)CC1. The van der Waals surface area contributed by atoms with Crippen LogP contribution in [-0.2, 0) is 15.9 Å². The van der Waals surface area contributed by atoms with E-state index in [4.69, 9.17) is 9.47 Å². The predicted molar refractivity (Wildman–Crippen MR) is 98.0 cm³/mol. The highest BCUT2D eigenvalue weighted by Gasteiger charge is 2.40. The molecule has 142 valence electrons. The van der Waals surface area contributed by atoms with Gasteiger partial charge < -0.3 is 14.4 Å². The fourth-order valence-corrected chi connectivity index (χ4v) is 3.62. The van der Waals surface area contributed by atoms with Crippen molar-refractivity contribution in [1.82, 2.24) is 9.80 Å². The molecule has 1 atom stereocenters. The number of cyclic esters (lactones) is 1. The molecular formula is C20H28N2O4. The molecule has 2 fully saturated rings. The highest BCUT2D eigenvalue weighted by Crippen LogP contribution is 2.26. The molecule has 1 aromatic rings. The smallest absolute Gasteiger partial charge is 0.410 e. The molecule has 0 radical (unpaired) electrons. The van der Waals surface area contributed by atoms with Gasteiger partial charge in [0.15, 0.2) is 0 Å². The molecule has 1 aromatic carbocycles. The first kappa shape index (κ1) is 18.5. The van der Waals surface area contributed by atoms with Gasteiger partial charge in [-0.1, -0.05) is 30.3 Å². The zero-order valence-electron chi connectivity index (χ0n) is 15.8. The zero-order chi connectivity index (χ0) is 18.7. The first-order valence-electron chi connectivity index (χ1n) is 9.30. The van der Waals surface area contributed by atoms with Crippen molar-refractivity contribution in [2.24, 2.45) is 0 Å². The third-order valence-electron chi connectivity index (χ3n) is 4.83. The minimum atomic E-state index is -0.493. The molecule has 2 aliphatic heterocycles. The molecule has 0 aromatic heterocycles. The molecule has 0 unspecified atom stereocenters. The van der Waals surface area contributed by atoms with Crippen LogP contribution in [0.1, 0.15) is 39.2 Å². The third kappa shape index (κ3) is 4.48. The van der Waals surface area contributed by atoms with Crippen molar-refractivity contribution in [2.75, 3.05) is 19.7 Å². The summed E-state index contributed by atoms with van der Waals surface area (Å²) in [6.07, 6.45) is 1.78. The van der Waals surface area contributed by atoms with E-state index in [9.17, 15) is 9.59 Å². The zero-order valence-corrected chi connectivity index (χ0v) is 15.8. The molecule has 26 heavy (non-hydrogen) atoms. The number of rotatable bonds is 3. The van der Waals surface area contributed by atoms with E-state index in [-0.39, 0.29) is 24.3 Å². The van der Waals surface area contributed by atoms with Crippen molar-refractivity contribution >= 4 is 12.2 Å². The Hall–Kier alpha value is -2.24. The number of hydrogen-bond acceptors (Lipinski definition) is 4. The van der Waals surface area contributed by atoms with Gasteiger partial charge in [-0.3, -0.25) is 4.90 Å². The predicted octanol–water partition coefficient (Wildman–Crippen LogP) is 3.45. The van der Waals surface area contributed by atoms with Crippen LogP contribution in [0.25, 0.3) is 0 Å². The fraction of sp³-hybridized carbons (Fsp3) is 0.600. The van der Waals surface area contributed by atoms with Crippen LogP contribution in [0.5, 0.6) is 0 Å². The summed E-state index contributed by atoms with van der Waals surface area (Å²) in [5.74, 6) is 0. The van der Waals surface area contributed by atoms with Crippen molar-refractivity contribution < 1.29 is 19.1 Å². The lowest BCUT2D eigenvalue weighted by Crippen LogP contribution is -2.50. The molecule has 0 N–H and O–H groups in total. The lowest BCUT2D eigenvalue weighted by Gasteiger charge is -2.38. The van der Waals surface area contributed by atoms with Crippen molar-refractivity contribution in [3.63, 3.8) is 0 Å². The third-order valence-corrected chi connectivity index (χ3v) is 4.83. The van der Waals surface area contributed by atoms with Crippen LogP contribution >= 0.6 is 0 Å². The quantitative estimate of drug-likeness (QED) is 0.828. The molecular weight excluding hydrogens is 332 g/mol. The van der Waals surface area contributed by atoms with Gasteiger partial charge in [-0.25, -0.2) is 9.59 Å². The molecule has 0 bridgehead atoms. The van der Waals surface area contributed by atoms with Gasteiger partial charge >= 0.3 is 12.2 Å². The molecule has 6 nitrogen and oxygen atoms in total. The van der Waals surface area contributed by atoms with Crippen LogP contribution in [0, 0.1) is 0 Å². The van der Waals surface area contributed by atoms with E-state index in [1.807, 2.05) is 43.9 Å². The summed E-state index contributed by atoms with van der Waals surface area (Å²) in [5, 5.41) is 0. The van der Waals surface area contributed by atoms with Crippen LogP contribution in [0.3, 0.4) is 0 Å². The van der Waals surface area contributed by atoms with Gasteiger partial charge in [0.1, 0.15) is 12.2 Å². The Labute approximate surface area is 155 Å². The minimum absolute atomic E-state index is 0.0583. The Bertz CT molecular complexity index is 633. The number of nitrogens with zero attached hydrogens (tertiary/aromatic N) is 2. The first-order valence-corrected chi connectivity index (χ1v) is 9.30. The van der Waals surface area contributed by atoms with Crippen LogP contribution in [0.4, 0.5) is 9.59 Å². The van der Waals surface area contributed by atoms with E-state index in [0.717, 1.165) is 19.3 Å². The second-order valence-corrected chi connectivity index (χ2v) is 8.03. The molecule has 3 rings (SSSR count). The summed E-state index contributed by atoms with van der Waals surface area (Å²) in [6, 6.07) is 10.3. The Morgan fingerprint density at radius 3 is 2.46 bits per heavy atom. The molecule has 2 amide bonds. The van der Waals surface area contributed by atoms with E-state index < -0.39 is 5.60 Å². The van der Waals surface area contributed by atoms with E-state index in [1.54, 1.807) is 4.90 Å². The highest BCUT2D eigenvalue weighted by atomic mass is 16.6. The topological polar surface area (TPSA) is 59.1 Å². The molecule has 2 saturated heterocycles. The number of benzene rings is 1. The number of carbonyl (C=O) groups excluding carboxylic acids is 2. The average molecular weight is 360 g/mol. The summed E-state index contributed by atoms with van der Waals surface area (Å²) in [7, 11) is 0. The Kier molecular flexibility index (Phi) is 5.39. The standard InChI is InChI=1S/C20H28N2O4/c1-20(2,3)26-18(23)21-11-9-16(10-12-21)22-17(14-25-19(22)24)13-15-7-5-4-6-8-15/h4-8,16-17H,9-14H2,1-3H3/t17-/m0/s1. The summed E-state index contributed by atoms with van der Waals surface area (Å²) >= 11 is 0. The van der Waals surface area contributed by atoms with E-state index in [2.05, 4.69) is 12.1 Å². The first-order chi connectivity index (χ1) is 12.3. The van der Waals surface area contributed by atoms with Crippen LogP contribution in [-0.4, -0.2) is 59.4 Å². The number of hydrogen-bond donors (Lipinski definition) is 0. The lowest BCUT2D eigenvalue weighted by atomic mass is 9.99. The average Bonchev–Trinajstić information content (AvgIpc) is 2.95. The van der Waals surface area contributed by atoms with E-state index in [1.165, 1.54) is 5.56 Å². The van der Waals surface area contributed by atoms with E-state index in [0.29, 0.717) is 19.7 Å². The van der Waals surface area contributed by atoms with E-state index >= 15 is 0 Å². The number of piperidine rings is 1. The molecule has 0 aliphatic carbocycles. The minimum Gasteiger partial charge on any atom is -0.447 e. The largest absolute Gasteiger partial charge is 0.447 e. The van der Waals surface area contributed by atoms with Gasteiger partial charge in [0, 0.05) is 19.1 Å². The van der Waals surface area contributed by atoms with Crippen molar-refractivity contribution in [3.05, 3.63) is 35.9 Å². The van der Waals surface area contributed by atoms with Gasteiger partial charge in [0.25, 0.3) is 0 Å². The van der Waals surface area contributed by atoms with Crippen LogP contribution < -0.4 is 0 Å². The van der Waals surface area contributed by atoms with Crippen molar-refractivity contribution in [3.8, 4) is 0 Å². The summed E-state index contributed by atoms with van der Waals surface area (Å²) < 4.78 is 10.8. The Morgan fingerprint density at radius 1 is 1.19 bits per heavy atom. The number of amides is 2. The van der Waals surface area contributed by atoms with Crippen molar-refractivity contribution in [1.29, 1.82) is 0 Å². The van der Waals surface area contributed by atoms with Crippen LogP contribution in [0.2, 0.25) is 0 Å². The second kappa shape index (κ2) is 7.56. The monoisotopic (exact) mass is 360 g/mol. The molecule has 0 saturated carbocycles. The maximum atomic E-state index is 12.3. The molecule has 0 spiro atoms. The summed E-state index contributed by atoms with van der Waals surface area (Å²) in [6.45, 7) is 7.23. The lowest BCUT2D eigenvalue weighted by molar-refractivity contribution is 0.0157. The summed E-state index contributed by atoms with van der Waals surface area (Å²) in [4.78, 5) is 28.1. The normalized spacial score (nSPS) is 21.7. The molecule has 2 heterocycles. The second-order valence-electron chi connectivity index (χ2n) is 8.03. The Balaban J connectivity index is 1.58. The summed E-state index contributed by atoms with van der Waals surface area (Å²) in [5.41, 5.74) is 0.708. The maximum Gasteiger partial charge on any atom is 0.410 e. The number of likely N-dealkylation sites (tertiary alicyclic amines) is 1. The fourth-order valence-electron chi connectivity index (χ4n) is 3.62. The highest BCUT2D eigenvalue weighted by molar-refractivity contribution is 5.71. The van der Waals surface area contributed by atoms with Gasteiger partial charge in [0.05, 0.1) is 6.04 Å². The van der Waals surface area contributed by atoms with Gasteiger partial charge in [-0.05, 0) is 45.6 Å². The number of ether oxygens (including phenoxy) is 2. The maximum absolute atomic E-state index is 12.3. The van der Waals surface area contributed by atoms with Crippen molar-refractivity contribution in [2.45, 2.75) is 57.7 Å². The van der Waals surface area contributed by atoms with Crippen LogP contribution in [0.15, 0.2) is 30.3 Å². The van der Waals surface area contributed by atoms with Gasteiger partial charge in [0.2, 0.25) is 0 Å². The Morgan fingerprint density at radius 2 is 1.85 bits per heavy atom. The van der Waals surface area contributed by atoms with Gasteiger partial charge in [-0.2, -0.15) is 0 Å². The molecule has 6 heteroatoms. The molecule has 2 aliphatic rings. The number of carbonyl (C=O) groups is 2. The van der Waals surface area contributed by atoms with Gasteiger partial charge in [-0.15, -0.1) is 0 Å².